The predicted molar refractivity (Wildman–Crippen MR) is 51.7 cm³/mol. The molecule has 0 aliphatic rings. The minimum atomic E-state index is -1.98. The van der Waals surface area contributed by atoms with Crippen LogP contribution in [0.4, 0.5) is 0 Å². The lowest BCUT2D eigenvalue weighted by atomic mass is 9.76. The van der Waals surface area contributed by atoms with Crippen LogP contribution in [-0.2, 0) is 11.1 Å². The second-order valence-corrected chi connectivity index (χ2v) is 5.44. The van der Waals surface area contributed by atoms with Gasteiger partial charge in [0.15, 0.2) is 0 Å². The molecule has 0 fully saturated rings. The molecule has 3 heteroatoms. The lowest BCUT2D eigenvalue weighted by Crippen LogP contribution is -2.45. The van der Waals surface area contributed by atoms with Gasteiger partial charge in [0.1, 0.15) is 0 Å². The van der Waals surface area contributed by atoms with Gasteiger partial charge in [-0.1, -0.05) is 34.6 Å². The van der Waals surface area contributed by atoms with Gasteiger partial charge in [-0.25, -0.2) is 0 Å². The van der Waals surface area contributed by atoms with Crippen LogP contribution in [0.3, 0.4) is 0 Å². The maximum atomic E-state index is 11.1. The highest BCUT2D eigenvalue weighted by Gasteiger charge is 2.39. The summed E-state index contributed by atoms with van der Waals surface area (Å²) >= 11 is -1.98. The Labute approximate surface area is 78.0 Å². The maximum Gasteiger partial charge on any atom is 0.0370 e. The predicted octanol–water partition coefficient (Wildman–Crippen LogP) is 2.47. The average Bonchev–Trinajstić information content (AvgIpc) is 1.87. The van der Waals surface area contributed by atoms with Crippen LogP contribution in [0.25, 0.3) is 0 Å². The maximum absolute atomic E-state index is 11.1. The van der Waals surface area contributed by atoms with Crippen molar-refractivity contribution in [3.63, 3.8) is 0 Å². The Balaban J connectivity index is 4.97. The van der Waals surface area contributed by atoms with Crippen molar-refractivity contribution in [2.45, 2.75) is 52.2 Å². The molecule has 0 heterocycles. The van der Waals surface area contributed by atoms with E-state index in [-0.39, 0.29) is 5.41 Å². The summed E-state index contributed by atoms with van der Waals surface area (Å²) in [4.78, 5) is 0. The van der Waals surface area contributed by atoms with Crippen LogP contribution in [0.15, 0.2) is 0 Å². The second-order valence-electron chi connectivity index (χ2n) is 4.19. The molecular weight excluding hydrogens is 172 g/mol. The first-order valence-corrected chi connectivity index (χ1v) is 5.48. The summed E-state index contributed by atoms with van der Waals surface area (Å²) < 4.78 is 21.7. The van der Waals surface area contributed by atoms with E-state index in [4.69, 9.17) is 0 Å². The second kappa shape index (κ2) is 3.88. The molecule has 0 N–H and O–H groups in total. The van der Waals surface area contributed by atoms with Crippen molar-refractivity contribution in [2.75, 3.05) is 0 Å². The van der Waals surface area contributed by atoms with Crippen LogP contribution in [0.2, 0.25) is 0 Å². The average molecular weight is 191 g/mol. The zero-order chi connectivity index (χ0) is 9.99. The Bertz CT molecular complexity index is 166. The normalized spacial score (nSPS) is 16.2. The first-order valence-electron chi connectivity index (χ1n) is 4.41. The molecule has 74 valence electrons. The molecule has 0 aromatic rings. The van der Waals surface area contributed by atoms with Crippen LogP contribution in [-0.4, -0.2) is 13.5 Å². The highest BCUT2D eigenvalue weighted by Crippen LogP contribution is 2.40. The molecule has 0 radical (unpaired) electrons. The van der Waals surface area contributed by atoms with E-state index in [0.717, 1.165) is 0 Å². The van der Waals surface area contributed by atoms with Crippen molar-refractivity contribution in [3.05, 3.63) is 0 Å². The largest absolute Gasteiger partial charge is 0.772 e. The molecule has 0 bridgehead atoms. The zero-order valence-corrected chi connectivity index (χ0v) is 9.46. The van der Waals surface area contributed by atoms with Crippen LogP contribution in [0.1, 0.15) is 47.5 Å². The van der Waals surface area contributed by atoms with Gasteiger partial charge in [-0.05, 0) is 29.3 Å². The van der Waals surface area contributed by atoms with E-state index in [1.807, 2.05) is 34.6 Å². The van der Waals surface area contributed by atoms with Crippen molar-refractivity contribution >= 4 is 11.1 Å². The molecule has 0 spiro atoms. The Hall–Kier alpha value is 0.110. The molecule has 0 aromatic carbocycles. The molecule has 0 saturated heterocycles. The van der Waals surface area contributed by atoms with Gasteiger partial charge in [-0.3, -0.25) is 4.21 Å². The van der Waals surface area contributed by atoms with Crippen LogP contribution in [0, 0.1) is 5.41 Å². The van der Waals surface area contributed by atoms with E-state index in [1.54, 1.807) is 0 Å². The SMILES string of the molecule is CCC(CC)(S(=O)[O-])C(C)(C)C. The molecule has 12 heavy (non-hydrogen) atoms. The third-order valence-electron chi connectivity index (χ3n) is 2.83. The molecule has 0 amide bonds. The molecular formula is C9H19O2S-. The summed E-state index contributed by atoms with van der Waals surface area (Å²) in [5, 5.41) is 0. The first kappa shape index (κ1) is 12.1. The van der Waals surface area contributed by atoms with E-state index in [2.05, 4.69) is 0 Å². The third kappa shape index (κ3) is 1.88. The number of rotatable bonds is 3. The van der Waals surface area contributed by atoms with Crippen LogP contribution >= 0.6 is 0 Å². The molecule has 2 nitrogen and oxygen atoms in total. The first-order chi connectivity index (χ1) is 5.31. The summed E-state index contributed by atoms with van der Waals surface area (Å²) in [5.41, 5.74) is -0.177. The molecule has 1 atom stereocenters. The van der Waals surface area contributed by atoms with Crippen molar-refractivity contribution < 1.29 is 8.76 Å². The Morgan fingerprint density at radius 2 is 1.50 bits per heavy atom. The van der Waals surface area contributed by atoms with Gasteiger partial charge in [0.05, 0.1) is 0 Å². The van der Waals surface area contributed by atoms with Gasteiger partial charge in [0, 0.05) is 4.75 Å². The summed E-state index contributed by atoms with van der Waals surface area (Å²) in [5.74, 6) is 0. The van der Waals surface area contributed by atoms with Crippen molar-refractivity contribution in [3.8, 4) is 0 Å². The lowest BCUT2D eigenvalue weighted by molar-refractivity contribution is 0.244. The lowest BCUT2D eigenvalue weighted by Gasteiger charge is -2.45. The summed E-state index contributed by atoms with van der Waals surface area (Å²) in [6.07, 6.45) is 1.37. The van der Waals surface area contributed by atoms with E-state index in [1.165, 1.54) is 0 Å². The van der Waals surface area contributed by atoms with Gasteiger partial charge in [0.2, 0.25) is 0 Å². The van der Waals surface area contributed by atoms with E-state index < -0.39 is 15.8 Å². The molecule has 0 aromatic heterocycles. The highest BCUT2D eigenvalue weighted by atomic mass is 32.2. The fourth-order valence-electron chi connectivity index (χ4n) is 1.80. The summed E-state index contributed by atoms with van der Waals surface area (Å²) in [7, 11) is 0. The minimum absolute atomic E-state index is 0.177. The summed E-state index contributed by atoms with van der Waals surface area (Å²) in [6.45, 7) is 9.82. The van der Waals surface area contributed by atoms with Crippen LogP contribution < -0.4 is 0 Å². The Kier molecular flexibility index (Phi) is 3.91. The van der Waals surface area contributed by atoms with Gasteiger partial charge in [-0.2, -0.15) is 0 Å². The quantitative estimate of drug-likeness (QED) is 0.643. The van der Waals surface area contributed by atoms with Gasteiger partial charge in [-0.15, -0.1) is 0 Å². The number of hydrogen-bond acceptors (Lipinski definition) is 2. The Morgan fingerprint density at radius 3 is 1.50 bits per heavy atom. The topological polar surface area (TPSA) is 40.1 Å². The van der Waals surface area contributed by atoms with E-state index in [9.17, 15) is 8.76 Å². The van der Waals surface area contributed by atoms with Gasteiger partial charge in [0.25, 0.3) is 0 Å². The smallest absolute Gasteiger partial charge is 0.0370 e. The standard InChI is InChI=1S/C9H20O2S/c1-6-9(7-2,12(10)11)8(3,4)5/h6-7H2,1-5H3,(H,10,11)/p-1. The van der Waals surface area contributed by atoms with Crippen molar-refractivity contribution in [1.29, 1.82) is 0 Å². The molecule has 0 aliphatic heterocycles. The van der Waals surface area contributed by atoms with Gasteiger partial charge < -0.3 is 4.55 Å². The summed E-state index contributed by atoms with van der Waals surface area (Å²) in [6, 6.07) is 0. The van der Waals surface area contributed by atoms with Crippen LogP contribution in [0.5, 0.6) is 0 Å². The number of hydrogen-bond donors (Lipinski definition) is 0. The fourth-order valence-corrected chi connectivity index (χ4v) is 2.77. The van der Waals surface area contributed by atoms with Gasteiger partial charge >= 0.3 is 0 Å². The van der Waals surface area contributed by atoms with E-state index >= 15 is 0 Å². The zero-order valence-electron chi connectivity index (χ0n) is 8.64. The minimum Gasteiger partial charge on any atom is -0.772 e. The molecule has 0 saturated carbocycles. The molecule has 1 unspecified atom stereocenters. The third-order valence-corrected chi connectivity index (χ3v) is 4.66. The van der Waals surface area contributed by atoms with Crippen molar-refractivity contribution in [1.82, 2.24) is 0 Å². The molecule has 0 rings (SSSR count). The Morgan fingerprint density at radius 1 is 1.17 bits per heavy atom. The highest BCUT2D eigenvalue weighted by molar-refractivity contribution is 7.80. The van der Waals surface area contributed by atoms with E-state index in [0.29, 0.717) is 12.8 Å². The molecule has 0 aliphatic carbocycles. The monoisotopic (exact) mass is 191 g/mol. The fraction of sp³-hybridized carbons (Fsp3) is 1.00. The van der Waals surface area contributed by atoms with Crippen molar-refractivity contribution in [2.24, 2.45) is 5.41 Å².